The van der Waals surface area contributed by atoms with E-state index in [9.17, 15) is 42.7 Å². The van der Waals surface area contributed by atoms with Crippen molar-refractivity contribution in [2.75, 3.05) is 36.2 Å². The molecule has 0 saturated carbocycles. The van der Waals surface area contributed by atoms with E-state index in [0.29, 0.717) is 30.9 Å². The van der Waals surface area contributed by atoms with E-state index in [1.54, 1.807) is 67.6 Å². The number of amides is 4. The second kappa shape index (κ2) is 22.1. The summed E-state index contributed by atoms with van der Waals surface area (Å²) in [4.78, 5) is 63.1. The first kappa shape index (κ1) is 52.1. The van der Waals surface area contributed by atoms with Crippen LogP contribution in [-0.2, 0) is 36.6 Å². The molecule has 4 aromatic carbocycles. The average Bonchev–Trinajstić information content (AvgIpc) is 4.01. The molecular formula is C52H54F3N7O7S2. The predicted molar refractivity (Wildman–Crippen MR) is 267 cm³/mol. The number of nitrogens with one attached hydrogen (secondary N) is 2. The first-order valence-electron chi connectivity index (χ1n) is 23.0. The van der Waals surface area contributed by atoms with Crippen LogP contribution in [0.15, 0.2) is 96.5 Å². The fourth-order valence-corrected chi connectivity index (χ4v) is 9.87. The second-order valence-corrected chi connectivity index (χ2v) is 19.4. The Morgan fingerprint density at radius 3 is 2.21 bits per heavy atom. The summed E-state index contributed by atoms with van der Waals surface area (Å²) in [6.07, 6.45) is -4.36. The van der Waals surface area contributed by atoms with Gasteiger partial charge in [-0.1, -0.05) is 62.4 Å². The van der Waals surface area contributed by atoms with Crippen LogP contribution >= 0.6 is 23.6 Å². The van der Waals surface area contributed by atoms with Crippen LogP contribution in [0.25, 0.3) is 21.6 Å². The first-order chi connectivity index (χ1) is 33.8. The third-order valence-corrected chi connectivity index (χ3v) is 13.7. The maximum atomic E-state index is 13.8. The quantitative estimate of drug-likeness (QED) is 0.0570. The van der Waals surface area contributed by atoms with Crippen LogP contribution in [0.5, 0.6) is 5.75 Å². The number of aromatic nitrogens is 1. The molecule has 0 radical (unpaired) electrons. The zero-order chi connectivity index (χ0) is 51.2. The minimum atomic E-state index is -4.80. The van der Waals surface area contributed by atoms with Gasteiger partial charge < -0.3 is 35.0 Å². The summed E-state index contributed by atoms with van der Waals surface area (Å²) in [5.74, 6) is -1.48. The van der Waals surface area contributed by atoms with E-state index in [1.807, 2.05) is 67.6 Å². The lowest BCUT2D eigenvalue weighted by Gasteiger charge is -2.30. The topological polar surface area (TPSA) is 177 Å². The third kappa shape index (κ3) is 11.9. The van der Waals surface area contributed by atoms with Gasteiger partial charge in [0.15, 0.2) is 5.11 Å². The van der Waals surface area contributed by atoms with Gasteiger partial charge in [-0.3, -0.25) is 24.1 Å². The number of thiazole rings is 1. The molecule has 19 heteroatoms. The number of anilines is 2. The zero-order valence-corrected chi connectivity index (χ0v) is 41.4. The van der Waals surface area contributed by atoms with E-state index in [2.05, 4.69) is 15.6 Å². The summed E-state index contributed by atoms with van der Waals surface area (Å²) >= 11 is 7.23. The minimum Gasteiger partial charge on any atom is -0.494 e. The Morgan fingerprint density at radius 2 is 1.59 bits per heavy atom. The van der Waals surface area contributed by atoms with Gasteiger partial charge >= 0.3 is 6.18 Å². The smallest absolute Gasteiger partial charge is 0.417 e. The highest BCUT2D eigenvalue weighted by Gasteiger charge is 2.51. The number of carbonyl (C=O) groups excluding carboxylic acids is 4. The standard InChI is InChI=1S/C52H54F3N7O7S2/c1-31(2)45(48(66)60-28-40(63)25-43(60)47(65)57-27-33-8-10-36(11-9-33)46-32(3)58-30-71-46)59-44(64)29-68-22-6-7-23-69-41-20-15-35(16-21-41)34-12-17-38(18-13-34)62-50(70)61(49(67)51(62,4)5)39-19-14-37(26-56)42(24-39)52(53,54)55/h8-21,24,30-31,40,43,45,63H,6-7,22-23,25,27-29H2,1-5H3,(H,57,65)(H,59,64)/t40-,43+,45+/m1/s1. The lowest BCUT2D eigenvalue weighted by molar-refractivity contribution is -0.143. The maximum Gasteiger partial charge on any atom is 0.417 e. The number of halogens is 3. The molecule has 372 valence electrons. The average molecular weight is 1010 g/mol. The molecule has 7 rings (SSSR count). The lowest BCUT2D eigenvalue weighted by Crippen LogP contribution is -2.55. The van der Waals surface area contributed by atoms with Crippen LogP contribution in [0.4, 0.5) is 24.5 Å². The molecule has 2 aliphatic rings. The molecule has 14 nitrogen and oxygen atoms in total. The number of hydrogen-bond acceptors (Lipinski definition) is 11. The Bertz CT molecular complexity index is 2800. The van der Waals surface area contributed by atoms with Gasteiger partial charge in [-0.2, -0.15) is 18.4 Å². The van der Waals surface area contributed by atoms with Gasteiger partial charge in [0.2, 0.25) is 17.7 Å². The number of alkyl halides is 3. The van der Waals surface area contributed by atoms with E-state index < -0.39 is 58.8 Å². The van der Waals surface area contributed by atoms with Gasteiger partial charge in [0, 0.05) is 31.8 Å². The van der Waals surface area contributed by atoms with Gasteiger partial charge in [0.05, 0.1) is 51.7 Å². The Morgan fingerprint density at radius 1 is 0.958 bits per heavy atom. The Hall–Kier alpha value is -6.72. The number of nitriles is 1. The van der Waals surface area contributed by atoms with Crippen molar-refractivity contribution < 1.29 is 46.9 Å². The van der Waals surface area contributed by atoms with E-state index in [1.165, 1.54) is 11.0 Å². The van der Waals surface area contributed by atoms with E-state index in [0.717, 1.165) is 49.9 Å². The molecule has 3 heterocycles. The lowest BCUT2D eigenvalue weighted by atomic mass is 10.0. The number of aryl methyl sites for hydroxylation is 1. The van der Waals surface area contributed by atoms with E-state index in [4.69, 9.17) is 21.7 Å². The normalized spacial score (nSPS) is 17.1. The SMILES string of the molecule is Cc1ncsc1-c1ccc(CNC(=O)[C@@H]2C[C@@H](O)CN2C(=O)[C@@H](NC(=O)COCCCCOc2ccc(-c3ccc(N4C(=S)N(c5ccc(C#N)c(C(F)(F)F)c5)C(=O)C4(C)C)cc3)cc2)C(C)C)cc1. The highest BCUT2D eigenvalue weighted by Crippen LogP contribution is 2.40. The van der Waals surface area contributed by atoms with Crippen LogP contribution in [0, 0.1) is 24.2 Å². The number of ether oxygens (including phenoxy) is 2. The van der Waals surface area contributed by atoms with Crippen LogP contribution < -0.4 is 25.2 Å². The van der Waals surface area contributed by atoms with Crippen molar-refractivity contribution in [3.05, 3.63) is 119 Å². The van der Waals surface area contributed by atoms with Crippen LogP contribution in [0.1, 0.15) is 69.3 Å². The number of likely N-dealkylation sites (tertiary alicyclic amines) is 1. The van der Waals surface area contributed by atoms with Gasteiger partial charge in [-0.25, -0.2) is 4.98 Å². The number of unbranched alkanes of at least 4 members (excludes halogenated alkanes) is 1. The van der Waals surface area contributed by atoms with Crippen molar-refractivity contribution in [2.24, 2.45) is 5.92 Å². The number of nitrogens with zero attached hydrogens (tertiary/aromatic N) is 5. The Kier molecular flexibility index (Phi) is 16.3. The molecule has 2 saturated heterocycles. The summed E-state index contributed by atoms with van der Waals surface area (Å²) in [5.41, 5.74) is 3.96. The molecule has 5 aromatic rings. The summed E-state index contributed by atoms with van der Waals surface area (Å²) in [7, 11) is 0. The van der Waals surface area contributed by atoms with Crippen LogP contribution in [0.3, 0.4) is 0 Å². The molecule has 4 amide bonds. The number of rotatable bonds is 18. The maximum absolute atomic E-state index is 13.8. The number of benzene rings is 4. The molecule has 0 spiro atoms. The van der Waals surface area contributed by atoms with Gasteiger partial charge in [-0.05, 0) is 116 Å². The minimum absolute atomic E-state index is 0.00346. The Labute approximate surface area is 419 Å². The highest BCUT2D eigenvalue weighted by atomic mass is 32.1. The fraction of sp³-hybridized carbons (Fsp3) is 0.365. The van der Waals surface area contributed by atoms with Crippen molar-refractivity contribution in [3.8, 4) is 33.4 Å². The van der Waals surface area contributed by atoms with Crippen LogP contribution in [-0.4, -0.2) is 93.8 Å². The molecule has 0 bridgehead atoms. The molecule has 1 aromatic heterocycles. The summed E-state index contributed by atoms with van der Waals surface area (Å²) in [6, 6.07) is 25.4. The number of thiocarbonyl (C=S) groups is 1. The number of hydrogen-bond donors (Lipinski definition) is 3. The number of carbonyl (C=O) groups is 4. The Balaban J connectivity index is 0.830. The fourth-order valence-electron chi connectivity index (χ4n) is 8.54. The predicted octanol–water partition coefficient (Wildman–Crippen LogP) is 8.19. The third-order valence-electron chi connectivity index (χ3n) is 12.4. The molecule has 0 aliphatic carbocycles. The molecule has 3 N–H and O–H groups in total. The summed E-state index contributed by atoms with van der Waals surface area (Å²) in [5, 5.41) is 25.4. The van der Waals surface area contributed by atoms with E-state index >= 15 is 0 Å². The molecule has 2 fully saturated rings. The second-order valence-electron chi connectivity index (χ2n) is 18.2. The number of aliphatic hydroxyl groups is 1. The van der Waals surface area contributed by atoms with E-state index in [-0.39, 0.29) is 55.3 Å². The van der Waals surface area contributed by atoms with Crippen molar-refractivity contribution in [2.45, 2.75) is 90.3 Å². The van der Waals surface area contributed by atoms with Gasteiger partial charge in [0.1, 0.15) is 30.0 Å². The van der Waals surface area contributed by atoms with Crippen molar-refractivity contribution >= 4 is 63.7 Å². The molecule has 2 aliphatic heterocycles. The molecule has 0 unspecified atom stereocenters. The highest BCUT2D eigenvalue weighted by molar-refractivity contribution is 7.81. The monoisotopic (exact) mass is 1010 g/mol. The summed E-state index contributed by atoms with van der Waals surface area (Å²) < 4.78 is 52.8. The largest absolute Gasteiger partial charge is 0.494 e. The molecule has 71 heavy (non-hydrogen) atoms. The van der Waals surface area contributed by atoms with Crippen molar-refractivity contribution in [1.82, 2.24) is 20.5 Å². The number of aliphatic hydroxyl groups excluding tert-OH is 1. The zero-order valence-electron chi connectivity index (χ0n) is 39.8. The van der Waals surface area contributed by atoms with Crippen molar-refractivity contribution in [1.29, 1.82) is 5.26 Å². The van der Waals surface area contributed by atoms with Crippen LogP contribution in [0.2, 0.25) is 0 Å². The van der Waals surface area contributed by atoms with Gasteiger partial charge in [0.25, 0.3) is 5.91 Å². The number of β-amino-alcohol motifs (C(OH)–C–C–N with tert-alkyl or cyclic N) is 1. The molecule has 3 atom stereocenters. The summed E-state index contributed by atoms with van der Waals surface area (Å²) in [6.45, 7) is 9.45. The molecular weight excluding hydrogens is 956 g/mol. The van der Waals surface area contributed by atoms with Gasteiger partial charge in [-0.15, -0.1) is 11.3 Å². The first-order valence-corrected chi connectivity index (χ1v) is 24.3. The van der Waals surface area contributed by atoms with Crippen molar-refractivity contribution in [3.63, 3.8) is 0 Å².